The summed E-state index contributed by atoms with van der Waals surface area (Å²) in [6.45, 7) is 8.40. The number of nitrogens with zero attached hydrogens (tertiary/aromatic N) is 1. The van der Waals surface area contributed by atoms with Gasteiger partial charge in [0.15, 0.2) is 0 Å². The molecule has 8 heteroatoms. The molecule has 7 nitrogen and oxygen atoms in total. The van der Waals surface area contributed by atoms with Crippen molar-refractivity contribution in [1.82, 2.24) is 4.90 Å². The summed E-state index contributed by atoms with van der Waals surface area (Å²) in [4.78, 5) is 37.2. The first kappa shape index (κ1) is 17.1. The SMILES string of the molecule is CC(C)(C)C(=O)OCOC(=O)[C@@H]1N2C(=O)[C@H](N)[C@H]2SC1(C)C. The van der Waals surface area contributed by atoms with Gasteiger partial charge in [-0.2, -0.15) is 0 Å². The fourth-order valence-corrected chi connectivity index (χ4v) is 4.02. The lowest BCUT2D eigenvalue weighted by atomic mass is 9.96. The highest BCUT2D eigenvalue weighted by atomic mass is 32.2. The average Bonchev–Trinajstić information content (AvgIpc) is 2.65. The molecule has 1 amide bonds. The van der Waals surface area contributed by atoms with Gasteiger partial charge in [0.2, 0.25) is 12.7 Å². The maximum Gasteiger partial charge on any atom is 0.333 e. The van der Waals surface area contributed by atoms with Crippen molar-refractivity contribution >= 4 is 29.6 Å². The molecule has 2 rings (SSSR count). The molecule has 22 heavy (non-hydrogen) atoms. The van der Waals surface area contributed by atoms with Crippen molar-refractivity contribution in [3.05, 3.63) is 0 Å². The van der Waals surface area contributed by atoms with Gasteiger partial charge in [-0.1, -0.05) is 0 Å². The third kappa shape index (κ3) is 2.81. The van der Waals surface area contributed by atoms with Gasteiger partial charge in [-0.15, -0.1) is 11.8 Å². The van der Waals surface area contributed by atoms with E-state index >= 15 is 0 Å². The van der Waals surface area contributed by atoms with Crippen LogP contribution in [0.25, 0.3) is 0 Å². The quantitative estimate of drug-likeness (QED) is 0.456. The van der Waals surface area contributed by atoms with Gasteiger partial charge in [0.05, 0.1) is 5.41 Å². The summed E-state index contributed by atoms with van der Waals surface area (Å²) in [6, 6.07) is -1.29. The van der Waals surface area contributed by atoms with Crippen LogP contribution in [0.4, 0.5) is 0 Å². The molecular formula is C14H22N2O5S. The van der Waals surface area contributed by atoms with E-state index in [0.717, 1.165) is 0 Å². The summed E-state index contributed by atoms with van der Waals surface area (Å²) in [5, 5.41) is -0.197. The van der Waals surface area contributed by atoms with Crippen LogP contribution in [0.5, 0.6) is 0 Å². The van der Waals surface area contributed by atoms with Gasteiger partial charge < -0.3 is 20.1 Å². The van der Waals surface area contributed by atoms with Crippen molar-refractivity contribution < 1.29 is 23.9 Å². The zero-order valence-electron chi connectivity index (χ0n) is 13.4. The number of hydrogen-bond acceptors (Lipinski definition) is 7. The fraction of sp³-hybridized carbons (Fsp3) is 0.786. The van der Waals surface area contributed by atoms with Gasteiger partial charge in [-0.05, 0) is 34.6 Å². The highest BCUT2D eigenvalue weighted by molar-refractivity contribution is 8.01. The summed E-state index contributed by atoms with van der Waals surface area (Å²) >= 11 is 1.48. The Labute approximate surface area is 133 Å². The van der Waals surface area contributed by atoms with Crippen LogP contribution < -0.4 is 5.73 Å². The third-order valence-corrected chi connectivity index (χ3v) is 5.30. The van der Waals surface area contributed by atoms with E-state index in [2.05, 4.69) is 0 Å². The van der Waals surface area contributed by atoms with Crippen LogP contribution in [0, 0.1) is 5.41 Å². The molecule has 0 aromatic carbocycles. The highest BCUT2D eigenvalue weighted by Gasteiger charge is 2.63. The molecule has 0 aromatic heterocycles. The first-order chi connectivity index (χ1) is 9.97. The maximum atomic E-state index is 12.3. The van der Waals surface area contributed by atoms with Crippen LogP contribution in [-0.4, -0.2) is 51.7 Å². The van der Waals surface area contributed by atoms with Crippen molar-refractivity contribution in [2.24, 2.45) is 11.1 Å². The summed E-state index contributed by atoms with van der Waals surface area (Å²) < 4.78 is 9.45. The largest absolute Gasteiger partial charge is 0.427 e. The number of carbonyl (C=O) groups is 3. The topological polar surface area (TPSA) is 98.9 Å². The summed E-state index contributed by atoms with van der Waals surface area (Å²) in [7, 11) is 0. The molecule has 124 valence electrons. The number of nitrogens with two attached hydrogens (primary N) is 1. The van der Waals surface area contributed by atoms with Gasteiger partial charge in [0.1, 0.15) is 17.5 Å². The van der Waals surface area contributed by atoms with E-state index in [9.17, 15) is 14.4 Å². The zero-order valence-corrected chi connectivity index (χ0v) is 14.2. The number of rotatable bonds is 3. The summed E-state index contributed by atoms with van der Waals surface area (Å²) in [6.07, 6.45) is 0. The Morgan fingerprint density at radius 2 is 1.91 bits per heavy atom. The Kier molecular flexibility index (Phi) is 4.20. The molecule has 0 unspecified atom stereocenters. The minimum Gasteiger partial charge on any atom is -0.427 e. The minimum atomic E-state index is -0.719. The van der Waals surface area contributed by atoms with E-state index in [-0.39, 0.29) is 11.3 Å². The Bertz CT molecular complexity index is 514. The number of carbonyl (C=O) groups excluding carboxylic acids is 3. The van der Waals surface area contributed by atoms with Crippen molar-refractivity contribution in [2.75, 3.05) is 6.79 Å². The molecule has 2 fully saturated rings. The molecule has 0 aromatic rings. The highest BCUT2D eigenvalue weighted by Crippen LogP contribution is 2.50. The van der Waals surface area contributed by atoms with E-state index in [1.54, 1.807) is 20.8 Å². The normalized spacial score (nSPS) is 29.6. The monoisotopic (exact) mass is 330 g/mol. The van der Waals surface area contributed by atoms with Gasteiger partial charge in [0.25, 0.3) is 0 Å². The van der Waals surface area contributed by atoms with E-state index in [1.165, 1.54) is 16.7 Å². The molecule has 0 saturated carbocycles. The smallest absolute Gasteiger partial charge is 0.333 e. The van der Waals surface area contributed by atoms with Gasteiger partial charge in [0, 0.05) is 4.75 Å². The standard InChI is InChI=1S/C14H22N2O5S/c1-13(2,3)12(19)21-6-20-11(18)8-14(4,5)22-10-7(15)9(17)16(8)10/h7-8,10H,6,15H2,1-5H3/t7-,8-,10+/m0/s1. The molecule has 2 aliphatic heterocycles. The fourth-order valence-electron chi connectivity index (χ4n) is 2.46. The van der Waals surface area contributed by atoms with Crippen LogP contribution in [0.15, 0.2) is 0 Å². The maximum absolute atomic E-state index is 12.3. The number of thioether (sulfide) groups is 1. The number of esters is 2. The Hall–Kier alpha value is -1.28. The lowest BCUT2D eigenvalue weighted by Crippen LogP contribution is -2.68. The van der Waals surface area contributed by atoms with E-state index in [0.29, 0.717) is 0 Å². The van der Waals surface area contributed by atoms with Crippen molar-refractivity contribution in [3.63, 3.8) is 0 Å². The number of ether oxygens (including phenoxy) is 2. The van der Waals surface area contributed by atoms with Crippen LogP contribution in [0.2, 0.25) is 0 Å². The molecule has 2 aliphatic rings. The first-order valence-corrected chi connectivity index (χ1v) is 7.94. The van der Waals surface area contributed by atoms with Crippen LogP contribution in [0.1, 0.15) is 34.6 Å². The molecule has 0 spiro atoms. The Morgan fingerprint density at radius 1 is 1.32 bits per heavy atom. The predicted octanol–water partition coefficient (Wildman–Crippen LogP) is 0.466. The van der Waals surface area contributed by atoms with Gasteiger partial charge in [-0.3, -0.25) is 9.59 Å². The molecule has 2 saturated heterocycles. The zero-order chi connectivity index (χ0) is 16.9. The average molecular weight is 330 g/mol. The lowest BCUT2D eigenvalue weighted by molar-refractivity contribution is -0.179. The molecule has 3 atom stereocenters. The van der Waals surface area contributed by atoms with E-state index in [4.69, 9.17) is 15.2 Å². The van der Waals surface area contributed by atoms with Crippen molar-refractivity contribution in [2.45, 2.75) is 56.8 Å². The van der Waals surface area contributed by atoms with Gasteiger partial charge >= 0.3 is 11.9 Å². The van der Waals surface area contributed by atoms with Gasteiger partial charge in [-0.25, -0.2) is 4.79 Å². The van der Waals surface area contributed by atoms with Crippen LogP contribution in [-0.2, 0) is 23.9 Å². The molecule has 0 aliphatic carbocycles. The third-order valence-electron chi connectivity index (χ3n) is 3.71. The predicted molar refractivity (Wildman–Crippen MR) is 80.6 cm³/mol. The van der Waals surface area contributed by atoms with E-state index in [1.807, 2.05) is 13.8 Å². The molecule has 2 N–H and O–H groups in total. The summed E-state index contributed by atoms with van der Waals surface area (Å²) in [5.74, 6) is -1.29. The van der Waals surface area contributed by atoms with Crippen LogP contribution in [0.3, 0.4) is 0 Å². The minimum absolute atomic E-state index is 0.197. The Morgan fingerprint density at radius 3 is 2.45 bits per heavy atom. The molecule has 0 bridgehead atoms. The Balaban J connectivity index is 1.95. The van der Waals surface area contributed by atoms with Crippen molar-refractivity contribution in [1.29, 1.82) is 0 Å². The van der Waals surface area contributed by atoms with Crippen molar-refractivity contribution in [3.8, 4) is 0 Å². The number of β-lactam (4-membered cyclic amide) rings is 1. The molecule has 2 heterocycles. The number of fused-ring (bicyclic) bond motifs is 1. The lowest BCUT2D eigenvalue weighted by Gasteiger charge is -2.41. The second-order valence-corrected chi connectivity index (χ2v) is 8.82. The summed E-state index contributed by atoms with van der Waals surface area (Å²) in [5.41, 5.74) is 5.08. The second-order valence-electron chi connectivity index (χ2n) is 7.05. The van der Waals surface area contributed by atoms with E-state index < -0.39 is 41.0 Å². The number of hydrogen-bond donors (Lipinski definition) is 1. The van der Waals surface area contributed by atoms with Crippen LogP contribution >= 0.6 is 11.8 Å². The number of amides is 1. The second kappa shape index (κ2) is 5.42. The molecule has 0 radical (unpaired) electrons. The first-order valence-electron chi connectivity index (χ1n) is 7.06. The molecular weight excluding hydrogens is 308 g/mol.